The maximum absolute atomic E-state index is 13.8. The van der Waals surface area contributed by atoms with Gasteiger partial charge < -0.3 is 14.6 Å². The molecular formula is C30H36N4O5S. The predicted octanol–water partition coefficient (Wildman–Crippen LogP) is 3.90. The largest absolute Gasteiger partial charge is 0.451 e. The molecule has 0 bridgehead atoms. The summed E-state index contributed by atoms with van der Waals surface area (Å²) in [6.07, 6.45) is 10.5. The van der Waals surface area contributed by atoms with E-state index < -0.39 is 10.0 Å². The van der Waals surface area contributed by atoms with Crippen LogP contribution >= 0.6 is 0 Å². The number of carbonyl (C=O) groups excluding carboxylic acids is 2. The molecule has 1 N–H and O–H groups in total. The highest BCUT2D eigenvalue weighted by molar-refractivity contribution is 7.90. The Hall–Kier alpha value is -3.11. The Morgan fingerprint density at radius 2 is 1.80 bits per heavy atom. The van der Waals surface area contributed by atoms with Gasteiger partial charge in [-0.25, -0.2) is 3.97 Å². The number of nitrogens with zero attached hydrogens (tertiary/aromatic N) is 3. The molecule has 1 atom stereocenters. The number of hydrogen-bond donors (Lipinski definition) is 1. The lowest BCUT2D eigenvalue weighted by molar-refractivity contribution is -0.126. The van der Waals surface area contributed by atoms with Crippen LogP contribution in [0.1, 0.15) is 73.0 Å². The van der Waals surface area contributed by atoms with Crippen LogP contribution in [0.5, 0.6) is 0 Å². The molecule has 10 heteroatoms. The van der Waals surface area contributed by atoms with E-state index >= 15 is 0 Å². The number of furan rings is 1. The topological polar surface area (TPSA) is 105 Å². The van der Waals surface area contributed by atoms with Gasteiger partial charge in [-0.15, -0.1) is 0 Å². The summed E-state index contributed by atoms with van der Waals surface area (Å²) in [5.74, 6) is -0.240. The van der Waals surface area contributed by atoms with E-state index in [1.165, 1.54) is 42.0 Å². The number of rotatable bonds is 6. The molecule has 9 nitrogen and oxygen atoms in total. The standard InChI is InChI=1S/C30H36N4O5S/c35-29(31-22-10-11-22)21-5-3-14-33(18-21)30(36)20-9-12-26-24(17-20)25-19-32(23-6-1-2-7-23)15-13-27(25)34(26)40(37,38)28-8-4-16-39-28/h4,8-9,12,16-17,21-23H,1-3,5-7,10-11,13-15,18-19H2,(H,31,35)/t21-/m1/s1. The van der Waals surface area contributed by atoms with Crippen molar-refractivity contribution < 1.29 is 22.4 Å². The number of nitrogens with one attached hydrogen (secondary N) is 1. The summed E-state index contributed by atoms with van der Waals surface area (Å²) in [5.41, 5.74) is 2.87. The third-order valence-electron chi connectivity index (χ3n) is 9.21. The Bertz CT molecular complexity index is 1550. The second-order valence-corrected chi connectivity index (χ2v) is 13.6. The van der Waals surface area contributed by atoms with Crippen LogP contribution in [0.25, 0.3) is 10.9 Å². The van der Waals surface area contributed by atoms with Crippen LogP contribution in [0.2, 0.25) is 0 Å². The summed E-state index contributed by atoms with van der Waals surface area (Å²) in [7, 11) is -3.94. The number of amides is 2. The minimum atomic E-state index is -3.94. The zero-order valence-electron chi connectivity index (χ0n) is 22.7. The Morgan fingerprint density at radius 3 is 2.55 bits per heavy atom. The molecule has 2 amide bonds. The molecule has 1 aromatic carbocycles. The number of fused-ring (bicyclic) bond motifs is 3. The molecule has 2 aliphatic heterocycles. The van der Waals surface area contributed by atoms with Crippen molar-refractivity contribution in [2.45, 2.75) is 81.5 Å². The average molecular weight is 565 g/mol. The molecule has 2 aliphatic carbocycles. The van der Waals surface area contributed by atoms with Gasteiger partial charge in [-0.2, -0.15) is 8.42 Å². The van der Waals surface area contributed by atoms with Gasteiger partial charge in [-0.3, -0.25) is 14.5 Å². The first-order valence-electron chi connectivity index (χ1n) is 14.7. The quantitative estimate of drug-likeness (QED) is 0.487. The second kappa shape index (κ2) is 10.1. The van der Waals surface area contributed by atoms with E-state index in [1.54, 1.807) is 23.1 Å². The molecule has 3 fully saturated rings. The highest BCUT2D eigenvalue weighted by Crippen LogP contribution is 2.37. The Morgan fingerprint density at radius 1 is 0.975 bits per heavy atom. The minimum Gasteiger partial charge on any atom is -0.451 e. The average Bonchev–Trinajstić information content (AvgIpc) is 3.37. The van der Waals surface area contributed by atoms with Gasteiger partial charge in [0.05, 0.1) is 17.7 Å². The van der Waals surface area contributed by atoms with E-state index in [-0.39, 0.29) is 22.8 Å². The molecule has 1 saturated heterocycles. The van der Waals surface area contributed by atoms with Gasteiger partial charge in [0.1, 0.15) is 0 Å². The van der Waals surface area contributed by atoms with Crippen molar-refractivity contribution in [2.24, 2.45) is 5.92 Å². The Kier molecular flexibility index (Phi) is 6.50. The highest BCUT2D eigenvalue weighted by atomic mass is 32.2. The monoisotopic (exact) mass is 564 g/mol. The van der Waals surface area contributed by atoms with Crippen molar-refractivity contribution in [1.82, 2.24) is 19.1 Å². The summed E-state index contributed by atoms with van der Waals surface area (Å²) < 4.78 is 34.3. The lowest BCUT2D eigenvalue weighted by atomic mass is 9.96. The maximum atomic E-state index is 13.8. The molecule has 212 valence electrons. The molecule has 0 radical (unpaired) electrons. The first kappa shape index (κ1) is 25.8. The third kappa shape index (κ3) is 4.55. The fourth-order valence-electron chi connectivity index (χ4n) is 6.93. The molecular weight excluding hydrogens is 528 g/mol. The second-order valence-electron chi connectivity index (χ2n) is 11.9. The van der Waals surface area contributed by atoms with E-state index in [0.717, 1.165) is 48.9 Å². The van der Waals surface area contributed by atoms with Crippen LogP contribution < -0.4 is 5.32 Å². The van der Waals surface area contributed by atoms with Gasteiger partial charge in [-0.05, 0) is 74.4 Å². The maximum Gasteiger partial charge on any atom is 0.301 e. The summed E-state index contributed by atoms with van der Waals surface area (Å²) in [6.45, 7) is 2.51. The van der Waals surface area contributed by atoms with Crippen LogP contribution in [0.4, 0.5) is 0 Å². The summed E-state index contributed by atoms with van der Waals surface area (Å²) in [4.78, 5) is 30.7. The normalized spacial score (nSPS) is 22.5. The number of carbonyl (C=O) groups is 2. The molecule has 3 aromatic rings. The Labute approximate surface area is 234 Å². The van der Waals surface area contributed by atoms with Crippen molar-refractivity contribution in [1.29, 1.82) is 0 Å². The van der Waals surface area contributed by atoms with Gasteiger partial charge >= 0.3 is 10.0 Å². The fourth-order valence-corrected chi connectivity index (χ4v) is 8.45. The smallest absolute Gasteiger partial charge is 0.301 e. The SMILES string of the molecule is O=C(NC1CC1)[C@@H]1CCCN(C(=O)c2ccc3c(c2)c2c(n3S(=O)(=O)c3ccco3)CCN(C3CCCC3)C2)C1. The summed E-state index contributed by atoms with van der Waals surface area (Å²) in [6, 6.07) is 9.25. The van der Waals surface area contributed by atoms with Crippen LogP contribution in [0.15, 0.2) is 46.1 Å². The predicted molar refractivity (Wildman–Crippen MR) is 149 cm³/mol. The lowest BCUT2D eigenvalue weighted by Gasteiger charge is -2.33. The molecule has 40 heavy (non-hydrogen) atoms. The fraction of sp³-hybridized carbons (Fsp3) is 0.533. The summed E-state index contributed by atoms with van der Waals surface area (Å²) in [5, 5.41) is 3.80. The van der Waals surface area contributed by atoms with Crippen molar-refractivity contribution in [3.05, 3.63) is 53.4 Å². The number of aromatic nitrogens is 1. The molecule has 4 aliphatic rings. The van der Waals surface area contributed by atoms with Gasteiger partial charge in [0.25, 0.3) is 5.91 Å². The third-order valence-corrected chi connectivity index (χ3v) is 10.9. The van der Waals surface area contributed by atoms with Crippen LogP contribution in [0, 0.1) is 5.92 Å². The summed E-state index contributed by atoms with van der Waals surface area (Å²) >= 11 is 0. The van der Waals surface area contributed by atoms with Gasteiger partial charge in [0.15, 0.2) is 0 Å². The highest BCUT2D eigenvalue weighted by Gasteiger charge is 2.36. The molecule has 7 rings (SSSR count). The van der Waals surface area contributed by atoms with Gasteiger partial charge in [-0.1, -0.05) is 12.8 Å². The van der Waals surface area contributed by atoms with Crippen molar-refractivity contribution in [3.8, 4) is 0 Å². The van der Waals surface area contributed by atoms with Gasteiger partial charge in [0.2, 0.25) is 11.0 Å². The van der Waals surface area contributed by atoms with Gasteiger partial charge in [0, 0.05) is 61.3 Å². The van der Waals surface area contributed by atoms with E-state index in [1.807, 2.05) is 6.07 Å². The van der Waals surface area contributed by atoms with E-state index in [4.69, 9.17) is 4.42 Å². The zero-order valence-corrected chi connectivity index (χ0v) is 23.5. The number of hydrogen-bond acceptors (Lipinski definition) is 6. The van der Waals surface area contributed by atoms with E-state index in [0.29, 0.717) is 49.2 Å². The zero-order chi connectivity index (χ0) is 27.4. The molecule has 0 unspecified atom stereocenters. The molecule has 4 heterocycles. The number of benzene rings is 1. The van der Waals surface area contributed by atoms with Crippen molar-refractivity contribution >= 4 is 32.7 Å². The first-order valence-corrected chi connectivity index (χ1v) is 16.1. The van der Waals surface area contributed by atoms with Crippen molar-refractivity contribution in [2.75, 3.05) is 19.6 Å². The Balaban J connectivity index is 1.25. The molecule has 2 aromatic heterocycles. The van der Waals surface area contributed by atoms with Crippen molar-refractivity contribution in [3.63, 3.8) is 0 Å². The lowest BCUT2D eigenvalue weighted by Crippen LogP contribution is -2.45. The molecule has 0 spiro atoms. The van der Waals surface area contributed by atoms with Crippen LogP contribution in [-0.2, 0) is 27.8 Å². The van der Waals surface area contributed by atoms with Crippen LogP contribution in [0.3, 0.4) is 0 Å². The number of likely N-dealkylation sites (tertiary alicyclic amines) is 1. The van der Waals surface area contributed by atoms with Crippen LogP contribution in [-0.4, -0.2) is 65.7 Å². The first-order chi connectivity index (χ1) is 19.4. The minimum absolute atomic E-state index is 0.0525. The van der Waals surface area contributed by atoms with E-state index in [2.05, 4.69) is 10.2 Å². The molecule has 2 saturated carbocycles. The van der Waals surface area contributed by atoms with E-state index in [9.17, 15) is 18.0 Å². The number of piperidine rings is 1.